The van der Waals surface area contributed by atoms with Crippen molar-refractivity contribution in [1.29, 1.82) is 0 Å². The molecule has 0 saturated heterocycles. The number of nitrogens with one attached hydrogen (secondary N) is 1. The summed E-state index contributed by atoms with van der Waals surface area (Å²) in [5.41, 5.74) is 2.56. The molecular formula is C17H26N4O3S. The molecule has 8 heteroatoms. The second kappa shape index (κ2) is 9.05. The van der Waals surface area contributed by atoms with Gasteiger partial charge in [-0.3, -0.25) is 9.36 Å². The zero-order valence-electron chi connectivity index (χ0n) is 15.3. The molecule has 0 amide bonds. The van der Waals surface area contributed by atoms with Gasteiger partial charge in [0.2, 0.25) is 0 Å². The van der Waals surface area contributed by atoms with Crippen molar-refractivity contribution < 1.29 is 9.53 Å². The Balaban J connectivity index is 2.06. The molecule has 138 valence electrons. The molecule has 0 aromatic carbocycles. The van der Waals surface area contributed by atoms with Gasteiger partial charge >= 0.3 is 5.69 Å². The van der Waals surface area contributed by atoms with Gasteiger partial charge in [0, 0.05) is 43.8 Å². The van der Waals surface area contributed by atoms with Gasteiger partial charge in [-0.25, -0.2) is 9.89 Å². The van der Waals surface area contributed by atoms with Crippen LogP contribution >= 0.6 is 11.8 Å². The van der Waals surface area contributed by atoms with Crippen LogP contribution in [-0.4, -0.2) is 44.6 Å². The number of thioether (sulfide) groups is 1. The summed E-state index contributed by atoms with van der Waals surface area (Å²) in [6, 6.07) is 1.94. The monoisotopic (exact) mass is 366 g/mol. The van der Waals surface area contributed by atoms with Crippen LogP contribution in [0.15, 0.2) is 16.0 Å². The van der Waals surface area contributed by atoms with Crippen molar-refractivity contribution in [3.05, 3.63) is 33.5 Å². The first kappa shape index (κ1) is 19.5. The molecule has 25 heavy (non-hydrogen) atoms. The van der Waals surface area contributed by atoms with E-state index in [2.05, 4.69) is 14.8 Å². The van der Waals surface area contributed by atoms with Gasteiger partial charge in [-0.05, 0) is 32.8 Å². The Morgan fingerprint density at radius 2 is 2.08 bits per heavy atom. The Bertz CT molecular complexity index is 775. The largest absolute Gasteiger partial charge is 0.385 e. The van der Waals surface area contributed by atoms with Gasteiger partial charge in [0.25, 0.3) is 0 Å². The molecular weight excluding hydrogens is 340 g/mol. The van der Waals surface area contributed by atoms with Gasteiger partial charge in [-0.15, -0.1) is 5.10 Å². The number of ketones is 1. The maximum atomic E-state index is 12.6. The minimum Gasteiger partial charge on any atom is -0.385 e. The summed E-state index contributed by atoms with van der Waals surface area (Å²) in [6.45, 7) is 8.11. The van der Waals surface area contributed by atoms with Crippen molar-refractivity contribution in [1.82, 2.24) is 19.3 Å². The summed E-state index contributed by atoms with van der Waals surface area (Å²) in [5.74, 6) is 0.311. The summed E-state index contributed by atoms with van der Waals surface area (Å²) < 4.78 is 8.82. The topological polar surface area (TPSA) is 81.9 Å². The van der Waals surface area contributed by atoms with Crippen molar-refractivity contribution in [3.8, 4) is 0 Å². The third-order valence-corrected chi connectivity index (χ3v) is 5.08. The van der Waals surface area contributed by atoms with E-state index < -0.39 is 0 Å². The molecule has 0 aliphatic heterocycles. The van der Waals surface area contributed by atoms with Gasteiger partial charge < -0.3 is 9.30 Å². The Hall–Kier alpha value is -1.80. The van der Waals surface area contributed by atoms with Gasteiger partial charge in [-0.1, -0.05) is 18.7 Å². The SMILES string of the molecule is CCCn1c(SCC(=O)c2cc(C)n(CCCOC)c2C)n[nH]c1=O. The first-order chi connectivity index (χ1) is 12.0. The number of rotatable bonds is 10. The van der Waals surface area contributed by atoms with Gasteiger partial charge in [0.15, 0.2) is 10.9 Å². The third-order valence-electron chi connectivity index (χ3n) is 4.11. The maximum Gasteiger partial charge on any atom is 0.343 e. The van der Waals surface area contributed by atoms with Crippen molar-refractivity contribution in [3.63, 3.8) is 0 Å². The predicted octanol–water partition coefficient (Wildman–Crippen LogP) is 2.41. The molecule has 0 aliphatic rings. The lowest BCUT2D eigenvalue weighted by atomic mass is 10.2. The third kappa shape index (κ3) is 4.64. The highest BCUT2D eigenvalue weighted by Gasteiger charge is 2.17. The van der Waals surface area contributed by atoms with E-state index >= 15 is 0 Å². The second-order valence-electron chi connectivity index (χ2n) is 5.96. The summed E-state index contributed by atoms with van der Waals surface area (Å²) in [4.78, 5) is 24.3. The normalized spacial score (nSPS) is 11.2. The Labute approximate surface area is 151 Å². The van der Waals surface area contributed by atoms with E-state index in [4.69, 9.17) is 4.74 Å². The number of Topliss-reactive ketones (excluding diaryl/α,β-unsaturated/α-hetero) is 1. The molecule has 0 bridgehead atoms. The molecule has 2 rings (SSSR count). The predicted molar refractivity (Wildman–Crippen MR) is 98.6 cm³/mol. The molecule has 0 saturated carbocycles. The molecule has 1 N–H and O–H groups in total. The summed E-state index contributed by atoms with van der Waals surface area (Å²) >= 11 is 1.30. The van der Waals surface area contributed by atoms with E-state index in [0.717, 1.165) is 36.3 Å². The molecule has 0 radical (unpaired) electrons. The number of nitrogens with zero attached hydrogens (tertiary/aromatic N) is 3. The first-order valence-electron chi connectivity index (χ1n) is 8.46. The van der Waals surface area contributed by atoms with Crippen LogP contribution in [0.25, 0.3) is 0 Å². The number of methoxy groups -OCH3 is 1. The zero-order chi connectivity index (χ0) is 18.4. The molecule has 0 fully saturated rings. The van der Waals surface area contributed by atoms with Crippen LogP contribution in [0.5, 0.6) is 0 Å². The van der Waals surface area contributed by atoms with Crippen molar-refractivity contribution in [2.45, 2.75) is 51.9 Å². The fourth-order valence-electron chi connectivity index (χ4n) is 2.84. The number of ether oxygens (including phenoxy) is 1. The van der Waals surface area contributed by atoms with Gasteiger partial charge in [0.05, 0.1) is 5.75 Å². The van der Waals surface area contributed by atoms with Crippen LogP contribution in [0.2, 0.25) is 0 Å². The molecule has 7 nitrogen and oxygen atoms in total. The van der Waals surface area contributed by atoms with Crippen molar-refractivity contribution in [2.24, 2.45) is 0 Å². The fraction of sp³-hybridized carbons (Fsp3) is 0.588. The number of carbonyl (C=O) groups excluding carboxylic acids is 1. The first-order valence-corrected chi connectivity index (χ1v) is 9.45. The number of hydrogen-bond acceptors (Lipinski definition) is 5. The summed E-state index contributed by atoms with van der Waals surface area (Å²) in [5, 5.41) is 7.02. The number of aromatic amines is 1. The number of aryl methyl sites for hydroxylation is 1. The Morgan fingerprint density at radius 1 is 1.32 bits per heavy atom. The van der Waals surface area contributed by atoms with Crippen molar-refractivity contribution in [2.75, 3.05) is 19.5 Å². The highest BCUT2D eigenvalue weighted by atomic mass is 32.2. The smallest absolute Gasteiger partial charge is 0.343 e. The number of aromatic nitrogens is 4. The van der Waals surface area contributed by atoms with Crippen molar-refractivity contribution >= 4 is 17.5 Å². The molecule has 2 heterocycles. The molecule has 2 aromatic rings. The van der Waals surface area contributed by atoms with Crippen LogP contribution in [0.1, 0.15) is 41.5 Å². The highest BCUT2D eigenvalue weighted by Crippen LogP contribution is 2.20. The standard InChI is InChI=1S/C17H26N4O3S/c1-5-7-21-16(23)18-19-17(21)25-11-15(22)14-10-12(2)20(13(14)3)8-6-9-24-4/h10H,5-9,11H2,1-4H3,(H,18,23). The number of carbonyl (C=O) groups is 1. The van der Waals surface area contributed by atoms with Crippen LogP contribution in [-0.2, 0) is 17.8 Å². The minimum atomic E-state index is -0.229. The van der Waals surface area contributed by atoms with Gasteiger partial charge in [-0.2, -0.15) is 0 Å². The average Bonchev–Trinajstić information content (AvgIpc) is 3.07. The molecule has 0 aliphatic carbocycles. The fourth-order valence-corrected chi connectivity index (χ4v) is 3.69. The minimum absolute atomic E-state index is 0.0505. The van der Waals surface area contributed by atoms with Crippen LogP contribution < -0.4 is 5.69 Å². The Morgan fingerprint density at radius 3 is 2.76 bits per heavy atom. The van der Waals surface area contributed by atoms with Crippen LogP contribution in [0.3, 0.4) is 0 Å². The summed E-state index contributed by atoms with van der Waals surface area (Å²) in [7, 11) is 1.69. The molecule has 0 spiro atoms. The average molecular weight is 366 g/mol. The maximum absolute atomic E-state index is 12.6. The lowest BCUT2D eigenvalue weighted by Gasteiger charge is -2.09. The van der Waals surface area contributed by atoms with Crippen LogP contribution in [0, 0.1) is 13.8 Å². The quantitative estimate of drug-likeness (QED) is 0.397. The second-order valence-corrected chi connectivity index (χ2v) is 6.90. The molecule has 0 unspecified atom stereocenters. The van der Waals surface area contributed by atoms with Crippen LogP contribution in [0.4, 0.5) is 0 Å². The van der Waals surface area contributed by atoms with E-state index in [0.29, 0.717) is 18.3 Å². The zero-order valence-corrected chi connectivity index (χ0v) is 16.1. The molecule has 0 atom stereocenters. The van der Waals surface area contributed by atoms with Gasteiger partial charge in [0.1, 0.15) is 0 Å². The van der Waals surface area contributed by atoms with E-state index in [1.54, 1.807) is 11.7 Å². The van der Waals surface area contributed by atoms with E-state index in [-0.39, 0.29) is 17.2 Å². The number of H-pyrrole nitrogens is 1. The number of hydrogen-bond donors (Lipinski definition) is 1. The highest BCUT2D eigenvalue weighted by molar-refractivity contribution is 7.99. The van der Waals surface area contributed by atoms with E-state index in [9.17, 15) is 9.59 Å². The van der Waals surface area contributed by atoms with E-state index in [1.807, 2.05) is 26.8 Å². The summed E-state index contributed by atoms with van der Waals surface area (Å²) in [6.07, 6.45) is 1.75. The molecule has 2 aromatic heterocycles. The lowest BCUT2D eigenvalue weighted by molar-refractivity contribution is 0.102. The lowest BCUT2D eigenvalue weighted by Crippen LogP contribution is -2.17. The van der Waals surface area contributed by atoms with E-state index in [1.165, 1.54) is 11.8 Å². The Kier molecular flexibility index (Phi) is 7.07.